The molecule has 23 heavy (non-hydrogen) atoms. The Morgan fingerprint density at radius 1 is 1.43 bits per heavy atom. The first kappa shape index (κ1) is 15.6. The van der Waals surface area contributed by atoms with Gasteiger partial charge in [0.15, 0.2) is 11.2 Å². The molecule has 2 aromatic rings. The normalized spacial score (nSPS) is 21.3. The average molecular weight is 335 g/mol. The topological polar surface area (TPSA) is 71.5 Å². The van der Waals surface area contributed by atoms with Gasteiger partial charge in [-0.05, 0) is 17.7 Å². The lowest BCUT2D eigenvalue weighted by Gasteiger charge is -2.38. The third-order valence-corrected chi connectivity index (χ3v) is 4.30. The molecule has 1 aromatic heterocycles. The fraction of sp³-hybridized carbons (Fsp3) is 0.267. The molecule has 1 aliphatic rings. The number of amides is 2. The van der Waals surface area contributed by atoms with Gasteiger partial charge in [0.25, 0.3) is 5.91 Å². The Morgan fingerprint density at radius 3 is 2.83 bits per heavy atom. The van der Waals surface area contributed by atoms with E-state index in [1.807, 2.05) is 0 Å². The highest BCUT2D eigenvalue weighted by molar-refractivity contribution is 7.13. The predicted molar refractivity (Wildman–Crippen MR) is 82.4 cm³/mol. The van der Waals surface area contributed by atoms with Gasteiger partial charge in [0.05, 0.1) is 6.04 Å². The molecule has 0 unspecified atom stereocenters. The van der Waals surface area contributed by atoms with Crippen LogP contribution in [0, 0.1) is 5.82 Å². The highest BCUT2D eigenvalue weighted by Crippen LogP contribution is 2.30. The summed E-state index contributed by atoms with van der Waals surface area (Å²) in [4.78, 5) is 29.8. The van der Waals surface area contributed by atoms with Crippen LogP contribution in [-0.2, 0) is 14.3 Å². The van der Waals surface area contributed by atoms with Crippen molar-refractivity contribution in [2.75, 3.05) is 19.0 Å². The summed E-state index contributed by atoms with van der Waals surface area (Å²) in [5.74, 6) is -1.02. The molecule has 8 heteroatoms. The lowest BCUT2D eigenvalue weighted by atomic mass is 9.97. The van der Waals surface area contributed by atoms with Crippen molar-refractivity contribution >= 4 is 28.3 Å². The van der Waals surface area contributed by atoms with Crippen LogP contribution < -0.4 is 5.32 Å². The number of likely N-dealkylation sites (N-methyl/N-ethyl adjacent to an activating group) is 1. The quantitative estimate of drug-likeness (QED) is 0.929. The van der Waals surface area contributed by atoms with Gasteiger partial charge in [-0.15, -0.1) is 11.3 Å². The average Bonchev–Trinajstić information content (AvgIpc) is 3.04. The summed E-state index contributed by atoms with van der Waals surface area (Å²) >= 11 is 1.29. The van der Waals surface area contributed by atoms with Crippen LogP contribution in [0.3, 0.4) is 0 Å². The van der Waals surface area contributed by atoms with Gasteiger partial charge in [-0.25, -0.2) is 9.37 Å². The SMILES string of the molecule is CN1C(=O)CO[C@H](C(=O)Nc2nccs2)[C@@H]1c1ccc(F)cc1. The Hall–Kier alpha value is -2.32. The van der Waals surface area contributed by atoms with Crippen molar-refractivity contribution in [2.24, 2.45) is 0 Å². The van der Waals surface area contributed by atoms with Gasteiger partial charge in [-0.3, -0.25) is 14.9 Å². The molecule has 1 aliphatic heterocycles. The molecule has 0 saturated carbocycles. The van der Waals surface area contributed by atoms with Gasteiger partial charge >= 0.3 is 0 Å². The Kier molecular flexibility index (Phi) is 4.35. The second-order valence-corrected chi connectivity index (χ2v) is 5.95. The lowest BCUT2D eigenvalue weighted by Crippen LogP contribution is -2.51. The number of benzene rings is 1. The number of hydrogen-bond donors (Lipinski definition) is 1. The van der Waals surface area contributed by atoms with E-state index in [1.54, 1.807) is 30.8 Å². The predicted octanol–water partition coefficient (Wildman–Crippen LogP) is 1.82. The summed E-state index contributed by atoms with van der Waals surface area (Å²) < 4.78 is 18.6. The van der Waals surface area contributed by atoms with Gasteiger partial charge < -0.3 is 9.64 Å². The van der Waals surface area contributed by atoms with Crippen LogP contribution >= 0.6 is 11.3 Å². The molecule has 3 rings (SSSR count). The van der Waals surface area contributed by atoms with Crippen molar-refractivity contribution in [3.8, 4) is 0 Å². The van der Waals surface area contributed by atoms with E-state index in [1.165, 1.54) is 28.4 Å². The number of halogens is 1. The first-order chi connectivity index (χ1) is 11.1. The largest absolute Gasteiger partial charge is 0.356 e. The van der Waals surface area contributed by atoms with E-state index < -0.39 is 18.1 Å². The monoisotopic (exact) mass is 335 g/mol. The van der Waals surface area contributed by atoms with E-state index in [0.717, 1.165) is 0 Å². The number of morpholine rings is 1. The lowest BCUT2D eigenvalue weighted by molar-refractivity contribution is -0.160. The second kappa shape index (κ2) is 6.43. The number of ether oxygens (including phenoxy) is 1. The first-order valence-electron chi connectivity index (χ1n) is 6.89. The molecule has 120 valence electrons. The zero-order valence-electron chi connectivity index (χ0n) is 12.2. The molecule has 0 radical (unpaired) electrons. The molecule has 6 nitrogen and oxygen atoms in total. The number of anilines is 1. The molecule has 0 bridgehead atoms. The Morgan fingerprint density at radius 2 is 2.17 bits per heavy atom. The van der Waals surface area contributed by atoms with E-state index in [4.69, 9.17) is 4.74 Å². The van der Waals surface area contributed by atoms with Gasteiger partial charge in [0.2, 0.25) is 5.91 Å². The van der Waals surface area contributed by atoms with Crippen LogP contribution in [0.25, 0.3) is 0 Å². The molecule has 1 aromatic carbocycles. The minimum Gasteiger partial charge on any atom is -0.356 e. The van der Waals surface area contributed by atoms with E-state index in [0.29, 0.717) is 10.7 Å². The summed E-state index contributed by atoms with van der Waals surface area (Å²) in [5, 5.41) is 4.86. The van der Waals surface area contributed by atoms with Gasteiger partial charge in [0, 0.05) is 18.6 Å². The van der Waals surface area contributed by atoms with Crippen molar-refractivity contribution in [1.82, 2.24) is 9.88 Å². The maximum absolute atomic E-state index is 13.1. The van der Waals surface area contributed by atoms with E-state index >= 15 is 0 Å². The molecule has 1 saturated heterocycles. The smallest absolute Gasteiger partial charge is 0.257 e. The standard InChI is InChI=1S/C15H14FN3O3S/c1-19-11(20)8-22-13(14(21)18-15-17-6-7-23-15)12(19)9-2-4-10(16)5-3-9/h2-7,12-13H,8H2,1H3,(H,17,18,21)/t12-,13-/m0/s1. The van der Waals surface area contributed by atoms with E-state index in [-0.39, 0.29) is 18.3 Å². The molecule has 2 amide bonds. The van der Waals surface area contributed by atoms with Crippen LogP contribution in [-0.4, -0.2) is 41.5 Å². The molecule has 2 atom stereocenters. The molecule has 1 N–H and O–H groups in total. The van der Waals surface area contributed by atoms with Crippen LogP contribution in [0.4, 0.5) is 9.52 Å². The number of nitrogens with one attached hydrogen (secondary N) is 1. The summed E-state index contributed by atoms with van der Waals surface area (Å²) in [6.07, 6.45) is 0.682. The maximum Gasteiger partial charge on any atom is 0.257 e. The summed E-state index contributed by atoms with van der Waals surface area (Å²) in [6, 6.07) is 5.04. The first-order valence-corrected chi connectivity index (χ1v) is 7.77. The summed E-state index contributed by atoms with van der Waals surface area (Å²) in [7, 11) is 1.60. The summed E-state index contributed by atoms with van der Waals surface area (Å²) in [6.45, 7) is -0.176. The van der Waals surface area contributed by atoms with Gasteiger partial charge in [-0.1, -0.05) is 12.1 Å². The van der Waals surface area contributed by atoms with Gasteiger partial charge in [0.1, 0.15) is 12.4 Å². The molecule has 2 heterocycles. The van der Waals surface area contributed by atoms with Crippen LogP contribution in [0.15, 0.2) is 35.8 Å². The minimum absolute atomic E-state index is 0.176. The fourth-order valence-electron chi connectivity index (χ4n) is 2.45. The van der Waals surface area contributed by atoms with Crippen molar-refractivity contribution < 1.29 is 18.7 Å². The van der Waals surface area contributed by atoms with Crippen molar-refractivity contribution in [3.05, 3.63) is 47.2 Å². The highest BCUT2D eigenvalue weighted by atomic mass is 32.1. The van der Waals surface area contributed by atoms with Gasteiger partial charge in [-0.2, -0.15) is 0 Å². The fourth-order valence-corrected chi connectivity index (χ4v) is 2.98. The minimum atomic E-state index is -0.896. The zero-order valence-corrected chi connectivity index (χ0v) is 13.0. The summed E-state index contributed by atoms with van der Waals surface area (Å²) in [5.41, 5.74) is 0.626. The van der Waals surface area contributed by atoms with Crippen molar-refractivity contribution in [3.63, 3.8) is 0 Å². The Labute approximate surface area is 135 Å². The molecular weight excluding hydrogens is 321 g/mol. The molecule has 0 spiro atoms. The number of carbonyl (C=O) groups excluding carboxylic acids is 2. The van der Waals surface area contributed by atoms with Crippen LogP contribution in [0.5, 0.6) is 0 Å². The van der Waals surface area contributed by atoms with Crippen molar-refractivity contribution in [2.45, 2.75) is 12.1 Å². The highest BCUT2D eigenvalue weighted by Gasteiger charge is 2.40. The number of thiazole rings is 1. The molecular formula is C15H14FN3O3S. The number of nitrogens with zero attached hydrogens (tertiary/aromatic N) is 2. The Balaban J connectivity index is 1.88. The Bertz CT molecular complexity index is 705. The molecule has 1 fully saturated rings. The number of rotatable bonds is 3. The van der Waals surface area contributed by atoms with Crippen LogP contribution in [0.2, 0.25) is 0 Å². The third-order valence-electron chi connectivity index (χ3n) is 3.62. The van der Waals surface area contributed by atoms with Crippen molar-refractivity contribution in [1.29, 1.82) is 0 Å². The number of aromatic nitrogens is 1. The maximum atomic E-state index is 13.1. The van der Waals surface area contributed by atoms with Crippen LogP contribution in [0.1, 0.15) is 11.6 Å². The van der Waals surface area contributed by atoms with E-state index in [9.17, 15) is 14.0 Å². The zero-order chi connectivity index (χ0) is 16.4. The number of carbonyl (C=O) groups is 2. The van der Waals surface area contributed by atoms with E-state index in [2.05, 4.69) is 10.3 Å². The molecule has 0 aliphatic carbocycles. The number of hydrogen-bond acceptors (Lipinski definition) is 5. The second-order valence-electron chi connectivity index (χ2n) is 5.06. The third kappa shape index (κ3) is 3.22.